The van der Waals surface area contributed by atoms with Crippen LogP contribution in [0.25, 0.3) is 0 Å². The van der Waals surface area contributed by atoms with Gasteiger partial charge in [-0.15, -0.1) is 24.8 Å². The number of halogens is 2. The summed E-state index contributed by atoms with van der Waals surface area (Å²) >= 11 is 0. The van der Waals surface area contributed by atoms with Gasteiger partial charge < -0.3 is 15.4 Å². The maximum atomic E-state index is 12.0. The highest BCUT2D eigenvalue weighted by Crippen LogP contribution is 2.19. The van der Waals surface area contributed by atoms with Crippen LogP contribution in [-0.4, -0.2) is 35.5 Å². The molecule has 0 atom stereocenters. The minimum atomic E-state index is -0.127. The van der Waals surface area contributed by atoms with Crippen molar-refractivity contribution in [2.24, 2.45) is 0 Å². The Bertz CT molecular complexity index is 585. The molecular weight excluding hydrogens is 339 g/mol. The quantitative estimate of drug-likeness (QED) is 0.743. The molecule has 0 unspecified atom stereocenters. The summed E-state index contributed by atoms with van der Waals surface area (Å²) in [5.74, 6) is 0.814. The number of carbonyl (C=O) groups excluding carboxylic acids is 1. The van der Waals surface area contributed by atoms with Gasteiger partial charge >= 0.3 is 0 Å². The fraction of sp³-hybridized carbons (Fsp3) is 0.267. The van der Waals surface area contributed by atoms with Gasteiger partial charge in [0.05, 0.1) is 6.20 Å². The molecule has 0 aliphatic carbocycles. The number of hydrogen-bond donors (Lipinski definition) is 2. The number of aromatic nitrogens is 2. The van der Waals surface area contributed by atoms with Gasteiger partial charge in [0.2, 0.25) is 5.88 Å². The van der Waals surface area contributed by atoms with Crippen molar-refractivity contribution in [2.75, 3.05) is 19.6 Å². The number of carbonyl (C=O) groups is 1. The molecule has 2 rings (SSSR count). The van der Waals surface area contributed by atoms with Crippen LogP contribution in [-0.2, 0) is 0 Å². The number of nitrogens with zero attached hydrogens (tertiary/aromatic N) is 2. The van der Waals surface area contributed by atoms with Gasteiger partial charge in [0.25, 0.3) is 5.91 Å². The summed E-state index contributed by atoms with van der Waals surface area (Å²) in [6.45, 7) is 4.24. The number of benzene rings is 1. The van der Waals surface area contributed by atoms with Crippen molar-refractivity contribution in [2.45, 2.75) is 6.92 Å². The lowest BCUT2D eigenvalue weighted by Crippen LogP contribution is -2.31. The van der Waals surface area contributed by atoms with Crippen molar-refractivity contribution in [3.05, 3.63) is 48.4 Å². The van der Waals surface area contributed by atoms with Gasteiger partial charge in [0.1, 0.15) is 5.75 Å². The average Bonchev–Trinajstić information content (AvgIpc) is 2.53. The first-order valence-corrected chi connectivity index (χ1v) is 6.82. The monoisotopic (exact) mass is 358 g/mol. The highest BCUT2D eigenvalue weighted by atomic mass is 35.5. The van der Waals surface area contributed by atoms with Crippen LogP contribution < -0.4 is 15.4 Å². The summed E-state index contributed by atoms with van der Waals surface area (Å²) in [5.41, 5.74) is 0.549. The topological polar surface area (TPSA) is 76.1 Å². The number of hydrogen-bond acceptors (Lipinski definition) is 5. The molecule has 0 saturated carbocycles. The van der Waals surface area contributed by atoms with Crippen molar-refractivity contribution in [3.8, 4) is 11.6 Å². The van der Waals surface area contributed by atoms with Gasteiger partial charge in [-0.05, 0) is 24.7 Å². The van der Waals surface area contributed by atoms with Crippen LogP contribution in [0.15, 0.2) is 42.9 Å². The predicted molar refractivity (Wildman–Crippen MR) is 93.9 cm³/mol. The number of rotatable bonds is 7. The number of ether oxygens (including phenoxy) is 1. The second kappa shape index (κ2) is 11.6. The Balaban J connectivity index is 0.00000242. The Morgan fingerprint density at radius 1 is 1.22 bits per heavy atom. The van der Waals surface area contributed by atoms with E-state index in [4.69, 9.17) is 4.74 Å². The normalized spacial score (nSPS) is 9.26. The molecule has 0 aliphatic heterocycles. The number of amides is 1. The number of likely N-dealkylation sites (N-methyl/N-ethyl adjacent to an activating group) is 1. The predicted octanol–water partition coefficient (Wildman–Crippen LogP) is 2.45. The SMILES string of the molecule is CCNCCNC(=O)c1cccc(Oc2cnccn2)c1.Cl.Cl. The molecule has 126 valence electrons. The van der Waals surface area contributed by atoms with E-state index in [1.807, 2.05) is 6.92 Å². The molecule has 1 aromatic heterocycles. The minimum absolute atomic E-state index is 0. The fourth-order valence-electron chi connectivity index (χ4n) is 1.70. The number of nitrogens with one attached hydrogen (secondary N) is 2. The van der Waals surface area contributed by atoms with E-state index in [9.17, 15) is 4.79 Å². The zero-order valence-electron chi connectivity index (χ0n) is 12.7. The Hall–Kier alpha value is -1.89. The third-order valence-corrected chi connectivity index (χ3v) is 2.70. The summed E-state index contributed by atoms with van der Waals surface area (Å²) in [6.07, 6.45) is 4.64. The molecule has 2 N–H and O–H groups in total. The van der Waals surface area contributed by atoms with E-state index in [0.717, 1.165) is 13.1 Å². The third kappa shape index (κ3) is 7.27. The molecular formula is C15H20Cl2N4O2. The van der Waals surface area contributed by atoms with Crippen LogP contribution in [0.2, 0.25) is 0 Å². The summed E-state index contributed by atoms with van der Waals surface area (Å²) in [5, 5.41) is 5.98. The lowest BCUT2D eigenvalue weighted by molar-refractivity contribution is 0.0953. The van der Waals surface area contributed by atoms with Crippen LogP contribution in [0, 0.1) is 0 Å². The summed E-state index contributed by atoms with van der Waals surface area (Å²) in [4.78, 5) is 19.9. The molecule has 0 aliphatic rings. The third-order valence-electron chi connectivity index (χ3n) is 2.70. The van der Waals surface area contributed by atoms with Crippen molar-refractivity contribution in [1.29, 1.82) is 0 Å². The average molecular weight is 359 g/mol. The maximum Gasteiger partial charge on any atom is 0.251 e. The largest absolute Gasteiger partial charge is 0.437 e. The van der Waals surface area contributed by atoms with Gasteiger partial charge in [0.15, 0.2) is 0 Å². The highest BCUT2D eigenvalue weighted by molar-refractivity contribution is 5.94. The van der Waals surface area contributed by atoms with E-state index < -0.39 is 0 Å². The first-order chi connectivity index (χ1) is 10.3. The molecule has 0 fully saturated rings. The van der Waals surface area contributed by atoms with E-state index >= 15 is 0 Å². The molecule has 1 aromatic carbocycles. The Labute approximate surface area is 147 Å². The van der Waals surface area contributed by atoms with E-state index in [1.165, 1.54) is 6.20 Å². The lowest BCUT2D eigenvalue weighted by atomic mass is 10.2. The second-order valence-electron chi connectivity index (χ2n) is 4.28. The van der Waals surface area contributed by atoms with Crippen molar-refractivity contribution in [1.82, 2.24) is 20.6 Å². The molecule has 8 heteroatoms. The molecule has 0 radical (unpaired) electrons. The standard InChI is InChI=1S/C15H18N4O2.2ClH/c1-2-16-6-9-19-15(20)12-4-3-5-13(10-12)21-14-11-17-7-8-18-14;;/h3-5,7-8,10-11,16H,2,6,9H2,1H3,(H,19,20);2*1H. The van der Waals surface area contributed by atoms with Gasteiger partial charge in [-0.2, -0.15) is 0 Å². The Morgan fingerprint density at radius 3 is 2.74 bits per heavy atom. The molecule has 0 saturated heterocycles. The summed E-state index contributed by atoms with van der Waals surface area (Å²) < 4.78 is 5.55. The maximum absolute atomic E-state index is 12.0. The molecule has 23 heavy (non-hydrogen) atoms. The molecule has 1 heterocycles. The van der Waals surface area contributed by atoms with Crippen LogP contribution in [0.5, 0.6) is 11.6 Å². The van der Waals surface area contributed by atoms with Crippen LogP contribution in [0.3, 0.4) is 0 Å². The van der Waals surface area contributed by atoms with Gasteiger partial charge in [-0.25, -0.2) is 4.98 Å². The molecule has 1 amide bonds. The first kappa shape index (κ1) is 21.1. The van der Waals surface area contributed by atoms with Crippen molar-refractivity contribution in [3.63, 3.8) is 0 Å². The Kier molecular flexibility index (Phi) is 10.7. The van der Waals surface area contributed by atoms with Gasteiger partial charge in [-0.1, -0.05) is 13.0 Å². The molecule has 0 bridgehead atoms. The van der Waals surface area contributed by atoms with Crippen molar-refractivity contribution < 1.29 is 9.53 Å². The zero-order valence-corrected chi connectivity index (χ0v) is 14.3. The van der Waals surface area contributed by atoms with E-state index in [1.54, 1.807) is 36.7 Å². The summed E-state index contributed by atoms with van der Waals surface area (Å²) in [7, 11) is 0. The van der Waals surface area contributed by atoms with E-state index in [2.05, 4.69) is 20.6 Å². The lowest BCUT2D eigenvalue weighted by Gasteiger charge is -2.08. The van der Waals surface area contributed by atoms with Crippen LogP contribution in [0.1, 0.15) is 17.3 Å². The van der Waals surface area contributed by atoms with Crippen LogP contribution >= 0.6 is 24.8 Å². The molecule has 6 nitrogen and oxygen atoms in total. The van der Waals surface area contributed by atoms with E-state index in [-0.39, 0.29) is 30.7 Å². The Morgan fingerprint density at radius 2 is 2.04 bits per heavy atom. The molecule has 2 aromatic rings. The van der Waals surface area contributed by atoms with Gasteiger partial charge in [0, 0.05) is 31.0 Å². The van der Waals surface area contributed by atoms with Crippen molar-refractivity contribution >= 4 is 30.7 Å². The zero-order chi connectivity index (χ0) is 14.9. The second-order valence-corrected chi connectivity index (χ2v) is 4.28. The minimum Gasteiger partial charge on any atom is -0.437 e. The van der Waals surface area contributed by atoms with Gasteiger partial charge in [-0.3, -0.25) is 9.78 Å². The first-order valence-electron chi connectivity index (χ1n) is 6.82. The fourth-order valence-corrected chi connectivity index (χ4v) is 1.70. The van der Waals surface area contributed by atoms with E-state index in [0.29, 0.717) is 23.7 Å². The molecule has 0 spiro atoms. The summed E-state index contributed by atoms with van der Waals surface area (Å²) in [6, 6.07) is 6.96. The van der Waals surface area contributed by atoms with Crippen LogP contribution in [0.4, 0.5) is 0 Å². The smallest absolute Gasteiger partial charge is 0.251 e. The highest BCUT2D eigenvalue weighted by Gasteiger charge is 2.06.